The lowest BCUT2D eigenvalue weighted by molar-refractivity contribution is -0.384. The molecule has 1 aromatic rings. The summed E-state index contributed by atoms with van der Waals surface area (Å²) < 4.78 is 10.5. The van der Waals surface area contributed by atoms with E-state index in [2.05, 4.69) is 4.99 Å². The largest absolute Gasteiger partial charge is 0.466 e. The summed E-state index contributed by atoms with van der Waals surface area (Å²) in [5.41, 5.74) is 1.72. The van der Waals surface area contributed by atoms with Gasteiger partial charge in [0.15, 0.2) is 5.17 Å². The van der Waals surface area contributed by atoms with Crippen molar-refractivity contribution in [1.82, 2.24) is 9.80 Å². The van der Waals surface area contributed by atoms with Gasteiger partial charge in [-0.3, -0.25) is 19.7 Å². The standard InChI is InChI=1S/C26H30N4O7S/c1-4-36-24(32)18-9-7-11-28(14-18)21(31)13-20-15-38-26-27-16(3)22(25(33)37-5-2)23(29(20)26)17-8-6-10-19(12-17)30(34)35/h6,8,10,12,15,18,23H,4-5,7,9,11,13-14H2,1-3H3/t18-,23+/m0/s1. The van der Waals surface area contributed by atoms with Gasteiger partial charge >= 0.3 is 11.9 Å². The molecule has 3 aliphatic heterocycles. The summed E-state index contributed by atoms with van der Waals surface area (Å²) in [6, 6.07) is 5.33. The number of allylic oxidation sites excluding steroid dienone is 1. The molecule has 11 nitrogen and oxygen atoms in total. The van der Waals surface area contributed by atoms with E-state index in [0.29, 0.717) is 54.7 Å². The minimum Gasteiger partial charge on any atom is -0.466 e. The first-order valence-corrected chi connectivity index (χ1v) is 13.4. The summed E-state index contributed by atoms with van der Waals surface area (Å²) in [6.07, 6.45) is 1.39. The third kappa shape index (κ3) is 5.59. The predicted molar refractivity (Wildman–Crippen MR) is 141 cm³/mol. The van der Waals surface area contributed by atoms with Gasteiger partial charge in [-0.05, 0) is 44.6 Å². The number of rotatable bonds is 8. The number of hydrogen-bond acceptors (Lipinski definition) is 10. The topological polar surface area (TPSA) is 132 Å². The SMILES string of the molecule is CCOC(=O)C1=C(C)N=C2SC=C(CC(=O)N3CCC[C@H](C(=O)OCC)C3)N2[C@@H]1c1cccc([N+](=O)[O-])c1. The molecule has 0 spiro atoms. The molecule has 12 heteroatoms. The smallest absolute Gasteiger partial charge is 0.338 e. The summed E-state index contributed by atoms with van der Waals surface area (Å²) in [5.74, 6) is -1.38. The number of amidine groups is 1. The zero-order valence-electron chi connectivity index (χ0n) is 21.5. The van der Waals surface area contributed by atoms with Crippen molar-refractivity contribution in [2.45, 2.75) is 46.1 Å². The van der Waals surface area contributed by atoms with Gasteiger partial charge in [-0.25, -0.2) is 9.79 Å². The molecule has 0 radical (unpaired) electrons. The van der Waals surface area contributed by atoms with E-state index in [1.807, 2.05) is 5.41 Å². The molecule has 3 heterocycles. The Balaban J connectivity index is 1.64. The number of hydrogen-bond donors (Lipinski definition) is 0. The number of nitro groups is 1. The fourth-order valence-corrected chi connectivity index (χ4v) is 5.85. The molecule has 1 amide bonds. The maximum absolute atomic E-state index is 13.4. The van der Waals surface area contributed by atoms with E-state index >= 15 is 0 Å². The lowest BCUT2D eigenvalue weighted by Gasteiger charge is -2.37. The normalized spacial score (nSPS) is 20.9. The van der Waals surface area contributed by atoms with Crippen LogP contribution in [0.2, 0.25) is 0 Å². The number of ether oxygens (including phenoxy) is 2. The van der Waals surface area contributed by atoms with Crippen LogP contribution in [0.15, 0.2) is 51.6 Å². The van der Waals surface area contributed by atoms with Crippen LogP contribution in [0.25, 0.3) is 0 Å². The van der Waals surface area contributed by atoms with Gasteiger partial charge in [0, 0.05) is 30.9 Å². The molecule has 1 saturated heterocycles. The Labute approximate surface area is 224 Å². The zero-order chi connectivity index (χ0) is 27.4. The molecule has 0 saturated carbocycles. The van der Waals surface area contributed by atoms with Gasteiger partial charge in [0.05, 0.1) is 47.8 Å². The number of non-ortho nitro benzene ring substituents is 1. The monoisotopic (exact) mass is 542 g/mol. The van der Waals surface area contributed by atoms with Gasteiger partial charge in [0.25, 0.3) is 5.69 Å². The number of amides is 1. The fraction of sp³-hybridized carbons (Fsp3) is 0.462. The second kappa shape index (κ2) is 11.8. The van der Waals surface area contributed by atoms with Gasteiger partial charge in [0.2, 0.25) is 5.91 Å². The van der Waals surface area contributed by atoms with Crippen molar-refractivity contribution in [2.24, 2.45) is 10.9 Å². The first kappa shape index (κ1) is 27.4. The quantitative estimate of drug-likeness (QED) is 0.272. The molecule has 1 aromatic carbocycles. The minimum absolute atomic E-state index is 0.0160. The van der Waals surface area contributed by atoms with Crippen molar-refractivity contribution >= 4 is 40.5 Å². The lowest BCUT2D eigenvalue weighted by atomic mass is 9.93. The summed E-state index contributed by atoms with van der Waals surface area (Å²) in [7, 11) is 0. The molecular formula is C26H30N4O7S. The van der Waals surface area contributed by atoms with Crippen LogP contribution in [0.3, 0.4) is 0 Å². The second-order valence-corrected chi connectivity index (χ2v) is 9.91. The van der Waals surface area contributed by atoms with E-state index in [9.17, 15) is 24.5 Å². The Morgan fingerprint density at radius 2 is 1.97 bits per heavy atom. The first-order valence-electron chi connectivity index (χ1n) is 12.5. The van der Waals surface area contributed by atoms with Crippen molar-refractivity contribution in [3.8, 4) is 0 Å². The molecule has 38 heavy (non-hydrogen) atoms. The van der Waals surface area contributed by atoms with Crippen LogP contribution < -0.4 is 0 Å². The molecule has 1 fully saturated rings. The number of carbonyl (C=O) groups excluding carboxylic acids is 3. The highest BCUT2D eigenvalue weighted by Crippen LogP contribution is 2.45. The number of nitro benzene ring substituents is 1. The molecule has 2 atom stereocenters. The number of esters is 2. The van der Waals surface area contributed by atoms with E-state index in [4.69, 9.17) is 9.47 Å². The van der Waals surface area contributed by atoms with Crippen molar-refractivity contribution in [3.63, 3.8) is 0 Å². The van der Waals surface area contributed by atoms with Crippen molar-refractivity contribution in [1.29, 1.82) is 0 Å². The van der Waals surface area contributed by atoms with Gasteiger partial charge in [-0.2, -0.15) is 0 Å². The molecule has 0 bridgehead atoms. The average molecular weight is 543 g/mol. The molecule has 0 aliphatic carbocycles. The summed E-state index contributed by atoms with van der Waals surface area (Å²) in [4.78, 5) is 57.8. The molecule has 3 aliphatic rings. The molecule has 0 aromatic heterocycles. The van der Waals surface area contributed by atoms with Crippen LogP contribution in [0, 0.1) is 16.0 Å². The Morgan fingerprint density at radius 3 is 2.68 bits per heavy atom. The molecular weight excluding hydrogens is 512 g/mol. The Bertz CT molecular complexity index is 1240. The highest BCUT2D eigenvalue weighted by atomic mass is 32.2. The van der Waals surface area contributed by atoms with Gasteiger partial charge in [-0.1, -0.05) is 23.9 Å². The predicted octanol–water partition coefficient (Wildman–Crippen LogP) is 3.92. The first-order chi connectivity index (χ1) is 18.2. The molecule has 0 N–H and O–H groups in total. The number of carbonyl (C=O) groups is 3. The zero-order valence-corrected chi connectivity index (χ0v) is 22.4. The summed E-state index contributed by atoms with van der Waals surface area (Å²) >= 11 is 1.32. The van der Waals surface area contributed by atoms with E-state index in [-0.39, 0.29) is 42.1 Å². The molecule has 202 valence electrons. The Morgan fingerprint density at radius 1 is 1.21 bits per heavy atom. The number of nitrogens with zero attached hydrogens (tertiary/aromatic N) is 4. The van der Waals surface area contributed by atoms with Crippen LogP contribution in [-0.4, -0.2) is 64.0 Å². The summed E-state index contributed by atoms with van der Waals surface area (Å²) in [6.45, 7) is 6.43. The number of piperidine rings is 1. The average Bonchev–Trinajstić information content (AvgIpc) is 3.29. The number of likely N-dealkylation sites (tertiary alicyclic amines) is 1. The Hall–Kier alpha value is -3.67. The maximum atomic E-state index is 13.4. The highest BCUT2D eigenvalue weighted by Gasteiger charge is 2.42. The van der Waals surface area contributed by atoms with E-state index < -0.39 is 16.9 Å². The molecule has 4 rings (SSSR count). The third-order valence-electron chi connectivity index (χ3n) is 6.62. The number of fused-ring (bicyclic) bond motifs is 1. The van der Waals surface area contributed by atoms with E-state index in [1.165, 1.54) is 23.9 Å². The van der Waals surface area contributed by atoms with Gasteiger partial charge in [0.1, 0.15) is 0 Å². The maximum Gasteiger partial charge on any atom is 0.338 e. The number of aliphatic imine (C=N–C) groups is 1. The fourth-order valence-electron chi connectivity index (χ4n) is 4.89. The van der Waals surface area contributed by atoms with E-state index in [1.54, 1.807) is 42.7 Å². The van der Waals surface area contributed by atoms with Gasteiger partial charge in [-0.15, -0.1) is 0 Å². The van der Waals surface area contributed by atoms with Crippen molar-refractivity contribution < 1.29 is 28.8 Å². The van der Waals surface area contributed by atoms with Crippen LogP contribution in [0.1, 0.15) is 51.6 Å². The lowest BCUT2D eigenvalue weighted by Crippen LogP contribution is -2.44. The van der Waals surface area contributed by atoms with Crippen molar-refractivity contribution in [3.05, 3.63) is 62.3 Å². The van der Waals surface area contributed by atoms with Crippen LogP contribution in [0.5, 0.6) is 0 Å². The van der Waals surface area contributed by atoms with Crippen molar-refractivity contribution in [2.75, 3.05) is 26.3 Å². The van der Waals surface area contributed by atoms with Gasteiger partial charge < -0.3 is 19.3 Å². The Kier molecular flexibility index (Phi) is 8.50. The molecule has 0 unspecified atom stereocenters. The third-order valence-corrected chi connectivity index (χ3v) is 7.51. The second-order valence-electron chi connectivity index (χ2n) is 9.07. The highest BCUT2D eigenvalue weighted by molar-refractivity contribution is 8.16. The van der Waals surface area contributed by atoms with Crippen LogP contribution in [-0.2, 0) is 23.9 Å². The number of thioether (sulfide) groups is 1. The van der Waals surface area contributed by atoms with Crippen LogP contribution >= 0.6 is 11.8 Å². The summed E-state index contributed by atoms with van der Waals surface area (Å²) in [5, 5.41) is 13.9. The van der Waals surface area contributed by atoms with Crippen LogP contribution in [0.4, 0.5) is 5.69 Å². The number of benzene rings is 1. The minimum atomic E-state index is -0.760. The van der Waals surface area contributed by atoms with E-state index in [0.717, 1.165) is 0 Å².